The first kappa shape index (κ1) is 15.0. The lowest BCUT2D eigenvalue weighted by Gasteiger charge is -2.11. The lowest BCUT2D eigenvalue weighted by atomic mass is 10.2. The summed E-state index contributed by atoms with van der Waals surface area (Å²) in [7, 11) is 0. The smallest absolute Gasteiger partial charge is 0.454 e. The summed E-state index contributed by atoms with van der Waals surface area (Å²) < 4.78 is 50.7. The van der Waals surface area contributed by atoms with Crippen LogP contribution in [-0.2, 0) is 0 Å². The van der Waals surface area contributed by atoms with Gasteiger partial charge in [-0.05, 0) is 30.3 Å². The quantitative estimate of drug-likeness (QED) is 0.937. The van der Waals surface area contributed by atoms with Crippen LogP contribution < -0.4 is 19.5 Å². The maximum absolute atomic E-state index is 12.2. The molecule has 120 valence electrons. The molecule has 0 aliphatic carbocycles. The number of ether oxygens (including phenoxy) is 3. The number of anilines is 1. The van der Waals surface area contributed by atoms with Crippen molar-refractivity contribution in [3.05, 3.63) is 48.0 Å². The van der Waals surface area contributed by atoms with Gasteiger partial charge in [-0.2, -0.15) is 0 Å². The van der Waals surface area contributed by atoms with E-state index in [9.17, 15) is 18.0 Å². The molecule has 1 aliphatic rings. The van der Waals surface area contributed by atoms with E-state index in [-0.39, 0.29) is 18.0 Å². The third-order valence-corrected chi connectivity index (χ3v) is 2.96. The van der Waals surface area contributed by atoms with Crippen molar-refractivity contribution >= 4 is 11.6 Å². The van der Waals surface area contributed by atoms with Gasteiger partial charge in [-0.3, -0.25) is 4.79 Å². The molecule has 1 aliphatic heterocycles. The molecular weight excluding hydrogens is 315 g/mol. The Hall–Kier alpha value is -2.90. The molecule has 0 unspecified atom stereocenters. The van der Waals surface area contributed by atoms with Crippen LogP contribution in [0.2, 0.25) is 0 Å². The average Bonchev–Trinajstić information content (AvgIpc) is 2.93. The van der Waals surface area contributed by atoms with E-state index in [0.29, 0.717) is 11.5 Å². The zero-order valence-corrected chi connectivity index (χ0v) is 11.5. The van der Waals surface area contributed by atoms with Crippen molar-refractivity contribution in [2.45, 2.75) is 6.36 Å². The number of alkyl halides is 3. The molecule has 0 saturated carbocycles. The number of carbonyl (C=O) groups is 1. The normalized spacial score (nSPS) is 12.8. The first-order chi connectivity index (χ1) is 10.9. The van der Waals surface area contributed by atoms with Gasteiger partial charge in [0.25, 0.3) is 5.91 Å². The highest BCUT2D eigenvalue weighted by Gasteiger charge is 2.31. The van der Waals surface area contributed by atoms with E-state index in [1.165, 1.54) is 24.3 Å². The third-order valence-electron chi connectivity index (χ3n) is 2.96. The predicted molar refractivity (Wildman–Crippen MR) is 73.6 cm³/mol. The largest absolute Gasteiger partial charge is 0.573 e. The molecule has 23 heavy (non-hydrogen) atoms. The first-order valence-corrected chi connectivity index (χ1v) is 6.47. The van der Waals surface area contributed by atoms with Crippen LogP contribution in [0.3, 0.4) is 0 Å². The first-order valence-electron chi connectivity index (χ1n) is 6.47. The molecule has 2 aromatic rings. The van der Waals surface area contributed by atoms with Crippen LogP contribution in [0, 0.1) is 0 Å². The van der Waals surface area contributed by atoms with E-state index in [1.807, 2.05) is 0 Å². The molecule has 0 aromatic heterocycles. The van der Waals surface area contributed by atoms with Crippen molar-refractivity contribution in [2.75, 3.05) is 12.1 Å². The minimum absolute atomic E-state index is 0.0806. The van der Waals surface area contributed by atoms with Crippen LogP contribution in [0.4, 0.5) is 18.9 Å². The number of hydrogen-bond donors (Lipinski definition) is 1. The monoisotopic (exact) mass is 325 g/mol. The van der Waals surface area contributed by atoms with Crippen molar-refractivity contribution in [3.63, 3.8) is 0 Å². The number of rotatable bonds is 3. The number of amides is 1. The number of carbonyl (C=O) groups excluding carboxylic acids is 1. The summed E-state index contributed by atoms with van der Waals surface area (Å²) in [5.74, 6) is 0.0578. The maximum atomic E-state index is 12.2. The van der Waals surface area contributed by atoms with Crippen LogP contribution in [0.1, 0.15) is 10.4 Å². The highest BCUT2D eigenvalue weighted by molar-refractivity contribution is 6.04. The Morgan fingerprint density at radius 1 is 1.09 bits per heavy atom. The molecule has 1 amide bonds. The Balaban J connectivity index is 1.74. The Bertz CT molecular complexity index is 746. The van der Waals surface area contributed by atoms with Crippen molar-refractivity contribution in [2.24, 2.45) is 0 Å². The van der Waals surface area contributed by atoms with Gasteiger partial charge in [-0.15, -0.1) is 13.2 Å². The van der Waals surface area contributed by atoms with Gasteiger partial charge in [0.05, 0.1) is 0 Å². The molecule has 0 radical (unpaired) electrons. The summed E-state index contributed by atoms with van der Waals surface area (Å²) in [6.07, 6.45) is -4.79. The van der Waals surface area contributed by atoms with E-state index in [4.69, 9.17) is 9.47 Å². The standard InChI is InChI=1S/C15H10F3NO4/c16-15(17,18)23-11-3-1-2-10(7-11)19-14(20)9-4-5-12-13(6-9)22-8-21-12/h1-7H,8H2,(H,19,20). The fourth-order valence-electron chi connectivity index (χ4n) is 2.01. The van der Waals surface area contributed by atoms with Gasteiger partial charge in [-0.25, -0.2) is 0 Å². The number of halogens is 3. The van der Waals surface area contributed by atoms with Gasteiger partial charge in [0.15, 0.2) is 11.5 Å². The predicted octanol–water partition coefficient (Wildman–Crippen LogP) is 3.57. The summed E-state index contributed by atoms with van der Waals surface area (Å²) in [5.41, 5.74) is 0.464. The van der Waals surface area contributed by atoms with Gasteiger partial charge in [0, 0.05) is 17.3 Å². The van der Waals surface area contributed by atoms with E-state index in [2.05, 4.69) is 10.1 Å². The Morgan fingerprint density at radius 2 is 1.87 bits per heavy atom. The molecule has 5 nitrogen and oxygen atoms in total. The van der Waals surface area contributed by atoms with Gasteiger partial charge < -0.3 is 19.5 Å². The topological polar surface area (TPSA) is 56.8 Å². The van der Waals surface area contributed by atoms with Crippen LogP contribution in [-0.4, -0.2) is 19.1 Å². The highest BCUT2D eigenvalue weighted by atomic mass is 19.4. The lowest BCUT2D eigenvalue weighted by molar-refractivity contribution is -0.274. The van der Waals surface area contributed by atoms with E-state index >= 15 is 0 Å². The molecule has 3 rings (SSSR count). The second kappa shape index (κ2) is 5.71. The van der Waals surface area contributed by atoms with Gasteiger partial charge in [0.1, 0.15) is 5.75 Å². The van der Waals surface area contributed by atoms with Gasteiger partial charge >= 0.3 is 6.36 Å². The Labute approximate surface area is 128 Å². The fourth-order valence-corrected chi connectivity index (χ4v) is 2.01. The Morgan fingerprint density at radius 3 is 2.65 bits per heavy atom. The summed E-state index contributed by atoms with van der Waals surface area (Å²) in [6.45, 7) is 0.0806. The second-order valence-electron chi connectivity index (χ2n) is 4.60. The second-order valence-corrected chi connectivity index (χ2v) is 4.60. The van der Waals surface area contributed by atoms with Crippen LogP contribution in [0.5, 0.6) is 17.2 Å². The lowest BCUT2D eigenvalue weighted by Crippen LogP contribution is -2.17. The van der Waals surface area contributed by atoms with Crippen molar-refractivity contribution < 1.29 is 32.2 Å². The molecule has 0 saturated heterocycles. The fraction of sp³-hybridized carbons (Fsp3) is 0.133. The summed E-state index contributed by atoms with van der Waals surface area (Å²) in [4.78, 5) is 12.1. The zero-order chi connectivity index (χ0) is 16.4. The summed E-state index contributed by atoms with van der Waals surface area (Å²) in [6, 6.07) is 9.62. The van der Waals surface area contributed by atoms with E-state index in [1.54, 1.807) is 6.07 Å². The molecule has 8 heteroatoms. The number of benzene rings is 2. The van der Waals surface area contributed by atoms with Crippen molar-refractivity contribution in [3.8, 4) is 17.2 Å². The van der Waals surface area contributed by atoms with Crippen LogP contribution in [0.15, 0.2) is 42.5 Å². The van der Waals surface area contributed by atoms with Crippen molar-refractivity contribution in [1.82, 2.24) is 0 Å². The minimum Gasteiger partial charge on any atom is -0.454 e. The van der Waals surface area contributed by atoms with E-state index < -0.39 is 18.0 Å². The van der Waals surface area contributed by atoms with Crippen molar-refractivity contribution in [1.29, 1.82) is 0 Å². The zero-order valence-electron chi connectivity index (χ0n) is 11.5. The molecular formula is C15H10F3NO4. The number of nitrogens with one attached hydrogen (secondary N) is 1. The minimum atomic E-state index is -4.79. The van der Waals surface area contributed by atoms with Crippen LogP contribution in [0.25, 0.3) is 0 Å². The molecule has 2 aromatic carbocycles. The van der Waals surface area contributed by atoms with Gasteiger partial charge in [-0.1, -0.05) is 6.07 Å². The SMILES string of the molecule is O=C(Nc1cccc(OC(F)(F)F)c1)c1ccc2c(c1)OCO2. The Kier molecular flexibility index (Phi) is 3.73. The number of hydrogen-bond acceptors (Lipinski definition) is 4. The molecule has 1 heterocycles. The summed E-state index contributed by atoms with van der Waals surface area (Å²) >= 11 is 0. The number of fused-ring (bicyclic) bond motifs is 1. The van der Waals surface area contributed by atoms with Gasteiger partial charge in [0.2, 0.25) is 6.79 Å². The maximum Gasteiger partial charge on any atom is 0.573 e. The summed E-state index contributed by atoms with van der Waals surface area (Å²) in [5, 5.41) is 2.49. The third kappa shape index (κ3) is 3.65. The molecule has 0 spiro atoms. The van der Waals surface area contributed by atoms with Crippen LogP contribution >= 0.6 is 0 Å². The molecule has 1 N–H and O–H groups in total. The molecule has 0 fully saturated rings. The molecule has 0 atom stereocenters. The average molecular weight is 325 g/mol. The van der Waals surface area contributed by atoms with E-state index in [0.717, 1.165) is 12.1 Å². The highest BCUT2D eigenvalue weighted by Crippen LogP contribution is 2.33. The molecule has 0 bridgehead atoms.